The average molecular weight is 276 g/mol. The highest BCUT2D eigenvalue weighted by atomic mass is 16.2. The zero-order chi connectivity index (χ0) is 15.0. The van der Waals surface area contributed by atoms with E-state index in [0.29, 0.717) is 26.1 Å². The maximum Gasteiger partial charge on any atom is 0.224 e. The Kier molecular flexibility index (Phi) is 6.77. The van der Waals surface area contributed by atoms with Gasteiger partial charge < -0.3 is 9.80 Å². The van der Waals surface area contributed by atoms with Gasteiger partial charge in [-0.25, -0.2) is 0 Å². The second-order valence-corrected chi connectivity index (χ2v) is 4.99. The molecule has 0 radical (unpaired) electrons. The molecule has 2 amide bonds. The lowest BCUT2D eigenvalue weighted by molar-refractivity contribution is -0.133. The first-order valence-corrected chi connectivity index (χ1v) is 7.08. The molecule has 0 N–H and O–H groups in total. The second-order valence-electron chi connectivity index (χ2n) is 4.99. The molecule has 0 spiro atoms. The first-order valence-electron chi connectivity index (χ1n) is 7.08. The van der Waals surface area contributed by atoms with E-state index in [9.17, 15) is 9.59 Å². The van der Waals surface area contributed by atoms with Crippen LogP contribution in [0.1, 0.15) is 32.3 Å². The van der Waals surface area contributed by atoms with E-state index >= 15 is 0 Å². The Hall–Kier alpha value is -1.84. The van der Waals surface area contributed by atoms with Crippen molar-refractivity contribution in [3.05, 3.63) is 35.9 Å². The summed E-state index contributed by atoms with van der Waals surface area (Å²) in [4.78, 5) is 26.9. The van der Waals surface area contributed by atoms with Crippen molar-refractivity contribution in [2.75, 3.05) is 20.1 Å². The first-order chi connectivity index (χ1) is 9.54. The van der Waals surface area contributed by atoms with Gasteiger partial charge in [-0.2, -0.15) is 0 Å². The highest BCUT2D eigenvalue weighted by Crippen LogP contribution is 2.05. The quantitative estimate of drug-likeness (QED) is 0.766. The molecule has 1 aromatic rings. The molecule has 0 aromatic heterocycles. The lowest BCUT2D eigenvalue weighted by atomic mass is 10.2. The van der Waals surface area contributed by atoms with E-state index in [2.05, 4.69) is 0 Å². The zero-order valence-corrected chi connectivity index (χ0v) is 12.6. The van der Waals surface area contributed by atoms with Gasteiger partial charge in [0.15, 0.2) is 0 Å². The number of hydrogen-bond acceptors (Lipinski definition) is 2. The number of rotatable bonds is 7. The molecule has 4 nitrogen and oxygen atoms in total. The molecule has 0 aliphatic rings. The van der Waals surface area contributed by atoms with Crippen molar-refractivity contribution in [2.45, 2.75) is 33.2 Å². The zero-order valence-electron chi connectivity index (χ0n) is 12.6. The van der Waals surface area contributed by atoms with Crippen LogP contribution in [0.15, 0.2) is 30.3 Å². The molecule has 0 unspecified atom stereocenters. The van der Waals surface area contributed by atoms with Crippen LogP contribution in [-0.2, 0) is 16.1 Å². The van der Waals surface area contributed by atoms with E-state index in [1.807, 2.05) is 37.3 Å². The van der Waals surface area contributed by atoms with Gasteiger partial charge in [-0.3, -0.25) is 9.59 Å². The minimum atomic E-state index is 0.0327. The van der Waals surface area contributed by atoms with Gasteiger partial charge in [0.05, 0.1) is 0 Å². The minimum Gasteiger partial charge on any atom is -0.342 e. The van der Waals surface area contributed by atoms with Crippen molar-refractivity contribution in [1.82, 2.24) is 9.80 Å². The fourth-order valence-electron chi connectivity index (χ4n) is 2.06. The van der Waals surface area contributed by atoms with Crippen molar-refractivity contribution in [3.8, 4) is 0 Å². The van der Waals surface area contributed by atoms with Crippen LogP contribution < -0.4 is 0 Å². The van der Waals surface area contributed by atoms with Gasteiger partial charge in [0.2, 0.25) is 11.8 Å². The largest absolute Gasteiger partial charge is 0.342 e. The summed E-state index contributed by atoms with van der Waals surface area (Å²) in [7, 11) is 1.80. The van der Waals surface area contributed by atoms with E-state index in [0.717, 1.165) is 12.0 Å². The molecule has 0 saturated heterocycles. The highest BCUT2D eigenvalue weighted by molar-refractivity contribution is 5.78. The number of carbonyl (C=O) groups excluding carboxylic acids is 2. The van der Waals surface area contributed by atoms with Crippen LogP contribution >= 0.6 is 0 Å². The lowest BCUT2D eigenvalue weighted by Crippen LogP contribution is -2.35. The van der Waals surface area contributed by atoms with Crippen LogP contribution in [0, 0.1) is 0 Å². The fourth-order valence-corrected chi connectivity index (χ4v) is 2.06. The van der Waals surface area contributed by atoms with Crippen LogP contribution in [-0.4, -0.2) is 41.8 Å². The third-order valence-corrected chi connectivity index (χ3v) is 3.22. The highest BCUT2D eigenvalue weighted by Gasteiger charge is 2.13. The normalized spacial score (nSPS) is 10.2. The molecule has 0 fully saturated rings. The maximum absolute atomic E-state index is 12.1. The van der Waals surface area contributed by atoms with Crippen LogP contribution in [0.5, 0.6) is 0 Å². The van der Waals surface area contributed by atoms with Crippen LogP contribution in [0.4, 0.5) is 0 Å². The Bertz CT molecular complexity index is 431. The molecule has 0 heterocycles. The van der Waals surface area contributed by atoms with Gasteiger partial charge in [0.1, 0.15) is 0 Å². The Balaban J connectivity index is 2.43. The van der Waals surface area contributed by atoms with Crippen molar-refractivity contribution in [3.63, 3.8) is 0 Å². The summed E-state index contributed by atoms with van der Waals surface area (Å²) in [6.07, 6.45) is 1.29. The van der Waals surface area contributed by atoms with E-state index < -0.39 is 0 Å². The van der Waals surface area contributed by atoms with Crippen molar-refractivity contribution in [2.24, 2.45) is 0 Å². The van der Waals surface area contributed by atoms with E-state index in [1.165, 1.54) is 0 Å². The molecular formula is C16H24N2O2. The molecule has 0 aliphatic heterocycles. The number of nitrogens with zero attached hydrogens (tertiary/aromatic N) is 2. The Labute approximate surface area is 121 Å². The Morgan fingerprint density at radius 1 is 1.10 bits per heavy atom. The molecule has 0 bridgehead atoms. The third-order valence-electron chi connectivity index (χ3n) is 3.22. The summed E-state index contributed by atoms with van der Waals surface area (Å²) >= 11 is 0. The molecule has 0 saturated carbocycles. The summed E-state index contributed by atoms with van der Waals surface area (Å²) in [5.74, 6) is 0.0987. The van der Waals surface area contributed by atoms with Gasteiger partial charge in [0, 0.05) is 40.0 Å². The molecule has 1 aromatic carbocycles. The Morgan fingerprint density at radius 2 is 1.75 bits per heavy atom. The van der Waals surface area contributed by atoms with E-state index in [4.69, 9.17) is 0 Å². The van der Waals surface area contributed by atoms with Crippen molar-refractivity contribution in [1.29, 1.82) is 0 Å². The summed E-state index contributed by atoms with van der Waals surface area (Å²) < 4.78 is 0. The van der Waals surface area contributed by atoms with Crippen molar-refractivity contribution >= 4 is 11.8 Å². The predicted octanol–water partition coefficient (Wildman–Crippen LogP) is 2.29. The molecular weight excluding hydrogens is 252 g/mol. The summed E-state index contributed by atoms with van der Waals surface area (Å²) in [6.45, 7) is 5.40. The number of amides is 2. The monoisotopic (exact) mass is 276 g/mol. The van der Waals surface area contributed by atoms with Gasteiger partial charge in [0.25, 0.3) is 0 Å². The molecule has 0 atom stereocenters. The number of carbonyl (C=O) groups is 2. The minimum absolute atomic E-state index is 0.0327. The fraction of sp³-hybridized carbons (Fsp3) is 0.500. The van der Waals surface area contributed by atoms with Crippen LogP contribution in [0.25, 0.3) is 0 Å². The van der Waals surface area contributed by atoms with Gasteiger partial charge in [-0.1, -0.05) is 37.3 Å². The first kappa shape index (κ1) is 16.2. The smallest absolute Gasteiger partial charge is 0.224 e. The standard InChI is InChI=1S/C16H24N2O2/c1-4-11-18(14(2)19)12-10-16(20)17(3)13-15-8-6-5-7-9-15/h5-9H,4,10-13H2,1-3H3. The second kappa shape index (κ2) is 8.35. The SMILES string of the molecule is CCCN(CCC(=O)N(C)Cc1ccccc1)C(C)=O. The van der Waals surface area contributed by atoms with Gasteiger partial charge in [-0.05, 0) is 12.0 Å². The lowest BCUT2D eigenvalue weighted by Gasteiger charge is -2.22. The van der Waals surface area contributed by atoms with Crippen LogP contribution in [0.2, 0.25) is 0 Å². The maximum atomic E-state index is 12.1. The van der Waals surface area contributed by atoms with E-state index in [-0.39, 0.29) is 11.8 Å². The Morgan fingerprint density at radius 3 is 2.30 bits per heavy atom. The predicted molar refractivity (Wildman–Crippen MR) is 80.1 cm³/mol. The summed E-state index contributed by atoms with van der Waals surface area (Å²) in [6, 6.07) is 9.89. The average Bonchev–Trinajstić information content (AvgIpc) is 2.43. The van der Waals surface area contributed by atoms with Gasteiger partial charge >= 0.3 is 0 Å². The third kappa shape index (κ3) is 5.43. The summed E-state index contributed by atoms with van der Waals surface area (Å²) in [5.41, 5.74) is 1.11. The molecule has 4 heteroatoms. The van der Waals surface area contributed by atoms with Crippen molar-refractivity contribution < 1.29 is 9.59 Å². The van der Waals surface area contributed by atoms with Crippen LogP contribution in [0.3, 0.4) is 0 Å². The molecule has 0 aliphatic carbocycles. The topological polar surface area (TPSA) is 40.6 Å². The molecule has 110 valence electrons. The number of hydrogen-bond donors (Lipinski definition) is 0. The number of benzene rings is 1. The molecule has 1 rings (SSSR count). The molecule has 20 heavy (non-hydrogen) atoms. The van der Waals surface area contributed by atoms with E-state index in [1.54, 1.807) is 23.8 Å². The van der Waals surface area contributed by atoms with Gasteiger partial charge in [-0.15, -0.1) is 0 Å². The summed E-state index contributed by atoms with van der Waals surface area (Å²) in [5, 5.41) is 0.